The minimum absolute atomic E-state index is 0.0608. The van der Waals surface area contributed by atoms with Gasteiger partial charge in [-0.15, -0.1) is 10.2 Å². The molecule has 1 atom stereocenters. The van der Waals surface area contributed by atoms with E-state index in [0.717, 1.165) is 4.90 Å². The van der Waals surface area contributed by atoms with E-state index in [1.165, 1.54) is 0 Å². The van der Waals surface area contributed by atoms with Crippen LogP contribution in [0.2, 0.25) is 0 Å². The van der Waals surface area contributed by atoms with Crippen molar-refractivity contribution < 1.29 is 35.9 Å². The van der Waals surface area contributed by atoms with Gasteiger partial charge in [-0.3, -0.25) is 0 Å². The summed E-state index contributed by atoms with van der Waals surface area (Å²) in [6.45, 7) is 4.82. The first kappa shape index (κ1) is 21.2. The van der Waals surface area contributed by atoms with E-state index in [1.807, 2.05) is 0 Å². The fourth-order valence-electron chi connectivity index (χ4n) is 2.81. The van der Waals surface area contributed by atoms with Crippen molar-refractivity contribution in [2.45, 2.75) is 64.0 Å². The van der Waals surface area contributed by atoms with E-state index >= 15 is 0 Å². The molecule has 11 heteroatoms. The van der Waals surface area contributed by atoms with Crippen molar-refractivity contribution in [1.29, 1.82) is 0 Å². The Balaban J connectivity index is 2.52. The number of amides is 1. The highest BCUT2D eigenvalue weighted by molar-refractivity contribution is 5.69. The molecule has 1 amide bonds. The van der Waals surface area contributed by atoms with Gasteiger partial charge in [0.05, 0.1) is 6.04 Å². The molecule has 1 aliphatic rings. The number of piperidine rings is 1. The molecule has 0 aromatic carbocycles. The van der Waals surface area contributed by atoms with Crippen LogP contribution in [0.3, 0.4) is 0 Å². The van der Waals surface area contributed by atoms with Crippen molar-refractivity contribution in [2.24, 2.45) is 0 Å². The Morgan fingerprint density at radius 3 is 2.22 bits per heavy atom. The van der Waals surface area contributed by atoms with Gasteiger partial charge in [-0.05, 0) is 46.1 Å². The van der Waals surface area contributed by atoms with Crippen LogP contribution in [0.4, 0.5) is 31.1 Å². The van der Waals surface area contributed by atoms with Gasteiger partial charge in [-0.25, -0.2) is 4.79 Å². The Morgan fingerprint density at radius 1 is 1.07 bits per heavy atom. The first-order valence-corrected chi connectivity index (χ1v) is 8.22. The molecule has 2 heterocycles. The van der Waals surface area contributed by atoms with Crippen molar-refractivity contribution >= 4 is 6.09 Å². The molecule has 1 saturated heterocycles. The van der Waals surface area contributed by atoms with Crippen LogP contribution < -0.4 is 0 Å². The molecule has 0 unspecified atom stereocenters. The van der Waals surface area contributed by atoms with E-state index in [2.05, 4.69) is 10.2 Å². The molecule has 1 fully saturated rings. The molecule has 5 nitrogen and oxygen atoms in total. The fraction of sp³-hybridized carbons (Fsp3) is 0.688. The predicted octanol–water partition coefficient (Wildman–Crippen LogP) is 4.98. The van der Waals surface area contributed by atoms with Crippen LogP contribution >= 0.6 is 0 Å². The lowest BCUT2D eigenvalue weighted by Crippen LogP contribution is -2.42. The van der Waals surface area contributed by atoms with Crippen molar-refractivity contribution in [1.82, 2.24) is 15.1 Å². The summed E-state index contributed by atoms with van der Waals surface area (Å²) >= 11 is 0. The van der Waals surface area contributed by atoms with Crippen molar-refractivity contribution in [3.05, 3.63) is 23.0 Å². The average Bonchev–Trinajstić information content (AvgIpc) is 2.51. The summed E-state index contributed by atoms with van der Waals surface area (Å²) in [5.41, 5.74) is -4.70. The summed E-state index contributed by atoms with van der Waals surface area (Å²) in [5.74, 6) is 0. The number of rotatable bonds is 1. The fourth-order valence-corrected chi connectivity index (χ4v) is 2.81. The summed E-state index contributed by atoms with van der Waals surface area (Å²) in [6.07, 6.45) is -9.84. The predicted molar refractivity (Wildman–Crippen MR) is 81.6 cm³/mol. The lowest BCUT2D eigenvalue weighted by molar-refractivity contribution is -0.149. The maximum Gasteiger partial charge on any atom is 0.435 e. The molecule has 0 saturated carbocycles. The van der Waals surface area contributed by atoms with E-state index in [9.17, 15) is 31.1 Å². The number of carbonyl (C=O) groups is 1. The van der Waals surface area contributed by atoms with Crippen LogP contribution in [0, 0.1) is 0 Å². The van der Waals surface area contributed by atoms with Crippen molar-refractivity contribution in [3.63, 3.8) is 0 Å². The van der Waals surface area contributed by atoms with Gasteiger partial charge >= 0.3 is 18.4 Å². The number of hydrogen-bond donors (Lipinski definition) is 0. The molecule has 0 N–H and O–H groups in total. The summed E-state index contributed by atoms with van der Waals surface area (Å²) in [4.78, 5) is 13.4. The molecule has 0 radical (unpaired) electrons. The van der Waals surface area contributed by atoms with Gasteiger partial charge in [-0.2, -0.15) is 26.3 Å². The lowest BCUT2D eigenvalue weighted by Gasteiger charge is -2.37. The van der Waals surface area contributed by atoms with Gasteiger partial charge in [-0.1, -0.05) is 0 Å². The van der Waals surface area contributed by atoms with Gasteiger partial charge in [0.25, 0.3) is 0 Å². The Hall–Kier alpha value is -2.07. The lowest BCUT2D eigenvalue weighted by atomic mass is 9.94. The molecule has 2 rings (SSSR count). The molecule has 0 aliphatic carbocycles. The van der Waals surface area contributed by atoms with E-state index in [0.29, 0.717) is 18.9 Å². The molecule has 1 aliphatic heterocycles. The molecular formula is C16H19F6N3O2. The number of carbonyl (C=O) groups excluding carboxylic acids is 1. The van der Waals surface area contributed by atoms with Crippen LogP contribution in [0.5, 0.6) is 0 Å². The van der Waals surface area contributed by atoms with Gasteiger partial charge in [0, 0.05) is 12.1 Å². The summed E-state index contributed by atoms with van der Waals surface area (Å²) in [7, 11) is 0. The topological polar surface area (TPSA) is 55.3 Å². The summed E-state index contributed by atoms with van der Waals surface area (Å²) in [5, 5.41) is 5.46. The Morgan fingerprint density at radius 2 is 1.70 bits per heavy atom. The monoisotopic (exact) mass is 399 g/mol. The average molecular weight is 399 g/mol. The van der Waals surface area contributed by atoms with E-state index in [4.69, 9.17) is 4.74 Å². The van der Waals surface area contributed by atoms with Crippen LogP contribution in [-0.4, -0.2) is 33.3 Å². The minimum atomic E-state index is -5.01. The number of nitrogens with zero attached hydrogens (tertiary/aromatic N) is 3. The highest BCUT2D eigenvalue weighted by Gasteiger charge is 2.44. The number of alkyl halides is 6. The molecular weight excluding hydrogens is 380 g/mol. The van der Waals surface area contributed by atoms with Crippen LogP contribution in [0.1, 0.15) is 63.0 Å². The Labute approximate surface area is 151 Å². The van der Waals surface area contributed by atoms with Crippen molar-refractivity contribution in [3.8, 4) is 0 Å². The Kier molecular flexibility index (Phi) is 5.63. The zero-order chi connectivity index (χ0) is 20.6. The highest BCUT2D eigenvalue weighted by atomic mass is 19.4. The number of ether oxygens (including phenoxy) is 1. The quantitative estimate of drug-likeness (QED) is 0.626. The second-order valence-corrected chi connectivity index (χ2v) is 7.21. The molecule has 0 spiro atoms. The normalized spacial score (nSPS) is 19.1. The minimum Gasteiger partial charge on any atom is -0.444 e. The van der Waals surface area contributed by atoms with Gasteiger partial charge in [0.15, 0.2) is 11.4 Å². The number of halogens is 6. The van der Waals surface area contributed by atoms with Crippen LogP contribution in [-0.2, 0) is 17.1 Å². The number of hydrogen-bond acceptors (Lipinski definition) is 4. The van der Waals surface area contributed by atoms with Crippen LogP contribution in [0.15, 0.2) is 6.07 Å². The van der Waals surface area contributed by atoms with Crippen molar-refractivity contribution in [2.75, 3.05) is 6.54 Å². The number of aromatic nitrogens is 2. The van der Waals surface area contributed by atoms with Gasteiger partial charge < -0.3 is 9.64 Å². The SMILES string of the molecule is CC(C)(C)OC(=O)N1CCCC[C@H]1c1cc(C(F)(F)F)nnc1C(F)(F)F. The summed E-state index contributed by atoms with van der Waals surface area (Å²) < 4.78 is 84.0. The van der Waals surface area contributed by atoms with E-state index in [1.54, 1.807) is 20.8 Å². The Bertz CT molecular complexity index is 697. The second-order valence-electron chi connectivity index (χ2n) is 7.21. The first-order chi connectivity index (χ1) is 12.2. The zero-order valence-corrected chi connectivity index (χ0v) is 14.9. The third-order valence-corrected chi connectivity index (χ3v) is 3.87. The summed E-state index contributed by atoms with van der Waals surface area (Å²) in [6, 6.07) is -0.912. The van der Waals surface area contributed by atoms with E-state index in [-0.39, 0.29) is 13.0 Å². The maximum atomic E-state index is 13.3. The molecule has 27 heavy (non-hydrogen) atoms. The van der Waals surface area contributed by atoms with E-state index < -0.39 is 47.0 Å². The van der Waals surface area contributed by atoms with Crippen LogP contribution in [0.25, 0.3) is 0 Å². The van der Waals surface area contributed by atoms with Gasteiger partial charge in [0.2, 0.25) is 0 Å². The zero-order valence-electron chi connectivity index (χ0n) is 14.9. The smallest absolute Gasteiger partial charge is 0.435 e. The first-order valence-electron chi connectivity index (χ1n) is 8.22. The third kappa shape index (κ3) is 5.23. The molecule has 0 bridgehead atoms. The number of likely N-dealkylation sites (tertiary alicyclic amines) is 1. The largest absolute Gasteiger partial charge is 0.444 e. The molecule has 1 aromatic rings. The maximum absolute atomic E-state index is 13.3. The molecule has 1 aromatic heterocycles. The molecule has 152 valence electrons. The standard InChI is InChI=1S/C16H19F6N3O2/c1-14(2,3)27-13(26)25-7-5-4-6-10(25)9-8-11(15(17,18)19)23-24-12(9)16(20,21)22/h8,10H,4-7H2,1-3H3/t10-/m0/s1. The third-order valence-electron chi connectivity index (χ3n) is 3.87. The van der Waals surface area contributed by atoms with Gasteiger partial charge in [0.1, 0.15) is 5.60 Å². The second kappa shape index (κ2) is 7.16. The highest BCUT2D eigenvalue weighted by Crippen LogP contribution is 2.41.